The Bertz CT molecular complexity index is 704. The monoisotopic (exact) mass is 349 g/mol. The van der Waals surface area contributed by atoms with Crippen molar-refractivity contribution >= 4 is 11.6 Å². The summed E-state index contributed by atoms with van der Waals surface area (Å²) in [7, 11) is 0. The number of benzene rings is 1. The average molecular weight is 350 g/mol. The quantitative estimate of drug-likeness (QED) is 0.746. The predicted molar refractivity (Wildman–Crippen MR) is 90.1 cm³/mol. The lowest BCUT2D eigenvalue weighted by atomic mass is 10.1. The topological polar surface area (TPSA) is 60.6 Å². The molecule has 0 amide bonds. The molecule has 1 saturated heterocycles. The SMILES string of the molecule is C=CCOc1ccc(CN2CCOC[C@@H]2c2nc(C)no2)cc1Cl. The minimum absolute atomic E-state index is 0.0459. The summed E-state index contributed by atoms with van der Waals surface area (Å²) >= 11 is 6.30. The first-order chi connectivity index (χ1) is 11.7. The Morgan fingerprint density at radius 1 is 1.50 bits per heavy atom. The van der Waals surface area contributed by atoms with Gasteiger partial charge in [-0.2, -0.15) is 4.98 Å². The van der Waals surface area contributed by atoms with E-state index < -0.39 is 0 Å². The van der Waals surface area contributed by atoms with Gasteiger partial charge in [-0.05, 0) is 24.6 Å². The molecule has 1 atom stereocenters. The molecule has 2 heterocycles. The standard InChI is InChI=1S/C17H20ClN3O3/c1-3-7-23-16-5-4-13(9-14(16)18)10-21-6-8-22-11-15(21)17-19-12(2)20-24-17/h3-5,9,15H,1,6-8,10-11H2,2H3/t15-/m1/s1. The molecule has 0 saturated carbocycles. The number of nitrogens with zero attached hydrogens (tertiary/aromatic N) is 3. The predicted octanol–water partition coefficient (Wildman–Crippen LogP) is 3.17. The van der Waals surface area contributed by atoms with Crippen LogP contribution in [0.3, 0.4) is 0 Å². The molecule has 0 unspecified atom stereocenters. The number of hydrogen-bond donors (Lipinski definition) is 0. The van der Waals surface area contributed by atoms with Gasteiger partial charge in [-0.15, -0.1) is 0 Å². The number of hydrogen-bond acceptors (Lipinski definition) is 6. The largest absolute Gasteiger partial charge is 0.488 e. The first-order valence-corrected chi connectivity index (χ1v) is 8.19. The van der Waals surface area contributed by atoms with Gasteiger partial charge >= 0.3 is 0 Å². The maximum Gasteiger partial charge on any atom is 0.246 e. The van der Waals surface area contributed by atoms with Crippen LogP contribution in [0, 0.1) is 6.92 Å². The Kier molecular flexibility index (Phi) is 5.50. The highest BCUT2D eigenvalue weighted by Gasteiger charge is 2.29. The van der Waals surface area contributed by atoms with Gasteiger partial charge in [0.1, 0.15) is 18.4 Å². The van der Waals surface area contributed by atoms with E-state index in [1.165, 1.54) is 0 Å². The molecule has 1 aromatic heterocycles. The summed E-state index contributed by atoms with van der Waals surface area (Å²) in [5.41, 5.74) is 1.09. The van der Waals surface area contributed by atoms with Crippen molar-refractivity contribution in [1.82, 2.24) is 15.0 Å². The molecule has 1 fully saturated rings. The lowest BCUT2D eigenvalue weighted by molar-refractivity contribution is -0.0241. The normalized spacial score (nSPS) is 18.5. The van der Waals surface area contributed by atoms with Crippen LogP contribution in [-0.4, -0.2) is 41.4 Å². The van der Waals surface area contributed by atoms with E-state index in [0.717, 1.165) is 18.7 Å². The van der Waals surface area contributed by atoms with Crippen molar-refractivity contribution in [1.29, 1.82) is 0 Å². The van der Waals surface area contributed by atoms with Crippen molar-refractivity contribution in [2.75, 3.05) is 26.4 Å². The minimum atomic E-state index is -0.0459. The maximum atomic E-state index is 6.30. The fourth-order valence-corrected chi connectivity index (χ4v) is 2.90. The number of aryl methyl sites for hydroxylation is 1. The molecule has 1 aliphatic heterocycles. The third kappa shape index (κ3) is 3.95. The zero-order chi connectivity index (χ0) is 16.9. The van der Waals surface area contributed by atoms with Crippen LogP contribution in [0.1, 0.15) is 23.3 Å². The Balaban J connectivity index is 1.73. The Hall–Kier alpha value is -1.89. The van der Waals surface area contributed by atoms with Crippen LogP contribution in [-0.2, 0) is 11.3 Å². The molecule has 6 nitrogen and oxygen atoms in total. The molecule has 1 aliphatic rings. The smallest absolute Gasteiger partial charge is 0.246 e. The zero-order valence-electron chi connectivity index (χ0n) is 13.6. The lowest BCUT2D eigenvalue weighted by Gasteiger charge is -2.33. The molecule has 2 aromatic rings. The third-order valence-electron chi connectivity index (χ3n) is 3.81. The van der Waals surface area contributed by atoms with Gasteiger partial charge in [0.25, 0.3) is 0 Å². The van der Waals surface area contributed by atoms with Crippen LogP contribution in [0.15, 0.2) is 35.4 Å². The van der Waals surface area contributed by atoms with E-state index in [0.29, 0.717) is 42.3 Å². The highest BCUT2D eigenvalue weighted by molar-refractivity contribution is 6.32. The second-order valence-electron chi connectivity index (χ2n) is 5.61. The van der Waals surface area contributed by atoms with Gasteiger partial charge in [0.15, 0.2) is 5.82 Å². The van der Waals surface area contributed by atoms with Gasteiger partial charge in [0.05, 0.1) is 18.2 Å². The van der Waals surface area contributed by atoms with E-state index in [-0.39, 0.29) is 6.04 Å². The van der Waals surface area contributed by atoms with Gasteiger partial charge in [-0.1, -0.05) is 35.5 Å². The minimum Gasteiger partial charge on any atom is -0.488 e. The van der Waals surface area contributed by atoms with Gasteiger partial charge in [0, 0.05) is 13.1 Å². The molecule has 0 aliphatic carbocycles. The maximum absolute atomic E-state index is 6.30. The summed E-state index contributed by atoms with van der Waals surface area (Å²) in [6.45, 7) is 8.60. The van der Waals surface area contributed by atoms with Crippen molar-refractivity contribution in [3.63, 3.8) is 0 Å². The van der Waals surface area contributed by atoms with E-state index in [2.05, 4.69) is 21.6 Å². The van der Waals surface area contributed by atoms with E-state index in [4.69, 9.17) is 25.6 Å². The Morgan fingerprint density at radius 2 is 2.38 bits per heavy atom. The summed E-state index contributed by atoms with van der Waals surface area (Å²) in [5.74, 6) is 1.87. The van der Waals surface area contributed by atoms with Gasteiger partial charge in [-0.25, -0.2) is 0 Å². The number of aromatic nitrogens is 2. The molecule has 24 heavy (non-hydrogen) atoms. The number of ether oxygens (including phenoxy) is 2. The van der Waals surface area contributed by atoms with Crippen LogP contribution in [0.25, 0.3) is 0 Å². The lowest BCUT2D eigenvalue weighted by Crippen LogP contribution is -2.39. The molecule has 7 heteroatoms. The summed E-state index contributed by atoms with van der Waals surface area (Å²) in [6.07, 6.45) is 1.69. The fraction of sp³-hybridized carbons (Fsp3) is 0.412. The molecule has 0 radical (unpaired) electrons. The third-order valence-corrected chi connectivity index (χ3v) is 4.10. The highest BCUT2D eigenvalue weighted by Crippen LogP contribution is 2.29. The first kappa shape index (κ1) is 17.0. The van der Waals surface area contributed by atoms with Crippen LogP contribution in [0.2, 0.25) is 5.02 Å². The van der Waals surface area contributed by atoms with Gasteiger partial charge < -0.3 is 14.0 Å². The van der Waals surface area contributed by atoms with Crippen molar-refractivity contribution in [3.05, 3.63) is 53.2 Å². The molecular formula is C17H20ClN3O3. The highest BCUT2D eigenvalue weighted by atomic mass is 35.5. The van der Waals surface area contributed by atoms with Crippen LogP contribution < -0.4 is 4.74 Å². The first-order valence-electron chi connectivity index (χ1n) is 7.81. The van der Waals surface area contributed by atoms with Crippen LogP contribution >= 0.6 is 11.6 Å². The molecule has 1 aromatic carbocycles. The van der Waals surface area contributed by atoms with Crippen molar-refractivity contribution in [2.45, 2.75) is 19.5 Å². The average Bonchev–Trinajstić information content (AvgIpc) is 3.01. The molecular weight excluding hydrogens is 330 g/mol. The van der Waals surface area contributed by atoms with Crippen molar-refractivity contribution < 1.29 is 14.0 Å². The van der Waals surface area contributed by atoms with Crippen molar-refractivity contribution in [3.8, 4) is 5.75 Å². The molecule has 0 spiro atoms. The summed E-state index contributed by atoms with van der Waals surface area (Å²) in [5, 5.41) is 4.46. The number of morpholine rings is 1. The van der Waals surface area contributed by atoms with E-state index in [9.17, 15) is 0 Å². The molecule has 3 rings (SSSR count). The van der Waals surface area contributed by atoms with Gasteiger partial charge in [0.2, 0.25) is 5.89 Å². The molecule has 0 N–H and O–H groups in total. The summed E-state index contributed by atoms with van der Waals surface area (Å²) in [6, 6.07) is 5.77. The van der Waals surface area contributed by atoms with E-state index in [1.54, 1.807) is 6.08 Å². The molecule has 128 valence electrons. The fourth-order valence-electron chi connectivity index (χ4n) is 2.65. The van der Waals surface area contributed by atoms with Crippen LogP contribution in [0.5, 0.6) is 5.75 Å². The van der Waals surface area contributed by atoms with Crippen LogP contribution in [0.4, 0.5) is 0 Å². The van der Waals surface area contributed by atoms with E-state index >= 15 is 0 Å². The molecule has 0 bridgehead atoms. The Morgan fingerprint density at radius 3 is 3.08 bits per heavy atom. The second-order valence-corrected chi connectivity index (χ2v) is 6.01. The van der Waals surface area contributed by atoms with E-state index in [1.807, 2.05) is 25.1 Å². The van der Waals surface area contributed by atoms with Gasteiger partial charge in [-0.3, -0.25) is 4.90 Å². The summed E-state index contributed by atoms with van der Waals surface area (Å²) < 4.78 is 16.4. The number of halogens is 1. The van der Waals surface area contributed by atoms with Crippen molar-refractivity contribution in [2.24, 2.45) is 0 Å². The Labute approximate surface area is 146 Å². The summed E-state index contributed by atoms with van der Waals surface area (Å²) in [4.78, 5) is 6.59. The second kappa shape index (κ2) is 7.79. The zero-order valence-corrected chi connectivity index (χ0v) is 14.3. The number of rotatable bonds is 6.